The number of imidazole rings is 1. The topological polar surface area (TPSA) is 71.1 Å². The van der Waals surface area contributed by atoms with E-state index in [1.165, 1.54) is 9.13 Å². The summed E-state index contributed by atoms with van der Waals surface area (Å²) in [6.07, 6.45) is 3.90. The van der Waals surface area contributed by atoms with Crippen LogP contribution in [0.15, 0.2) is 33.9 Å². The monoisotopic (exact) mass is 458 g/mol. The van der Waals surface area contributed by atoms with Crippen LogP contribution in [0.1, 0.15) is 50.9 Å². The highest BCUT2D eigenvalue weighted by Crippen LogP contribution is 2.34. The van der Waals surface area contributed by atoms with Crippen molar-refractivity contribution in [2.75, 3.05) is 0 Å². The predicted molar refractivity (Wildman–Crippen MR) is 124 cm³/mol. The molecular formula is C24H28F2N4O3. The summed E-state index contributed by atoms with van der Waals surface area (Å²) in [5.41, 5.74) is 0.951. The fourth-order valence-corrected chi connectivity index (χ4v) is 4.24. The predicted octanol–water partition coefficient (Wildman–Crippen LogP) is 4.06. The molecule has 3 aromatic rings. The van der Waals surface area contributed by atoms with E-state index in [-0.39, 0.29) is 30.2 Å². The molecule has 1 aliphatic rings. The molecular weight excluding hydrogens is 430 g/mol. The van der Waals surface area contributed by atoms with Crippen LogP contribution in [-0.4, -0.2) is 30.7 Å². The van der Waals surface area contributed by atoms with Crippen LogP contribution in [-0.2, 0) is 20.1 Å². The molecule has 0 radical (unpaired) electrons. The Hall–Kier alpha value is -3.23. The van der Waals surface area contributed by atoms with Crippen LogP contribution in [0.4, 0.5) is 8.78 Å². The quantitative estimate of drug-likeness (QED) is 0.559. The van der Waals surface area contributed by atoms with E-state index < -0.39 is 5.92 Å². The van der Waals surface area contributed by atoms with Crippen molar-refractivity contribution in [1.29, 1.82) is 0 Å². The fourth-order valence-electron chi connectivity index (χ4n) is 4.24. The summed E-state index contributed by atoms with van der Waals surface area (Å²) in [6, 6.07) is 7.38. The first-order valence-electron chi connectivity index (χ1n) is 11.3. The Morgan fingerprint density at radius 1 is 1.06 bits per heavy atom. The van der Waals surface area contributed by atoms with E-state index in [1.54, 1.807) is 24.6 Å². The minimum Gasteiger partial charge on any atom is -0.490 e. The number of aromatic nitrogens is 4. The Labute approximate surface area is 189 Å². The summed E-state index contributed by atoms with van der Waals surface area (Å²) in [5, 5.41) is 0. The Morgan fingerprint density at radius 3 is 2.30 bits per heavy atom. The average Bonchev–Trinajstić information content (AvgIpc) is 3.11. The normalized spacial score (nSPS) is 16.6. The summed E-state index contributed by atoms with van der Waals surface area (Å²) >= 11 is 0. The van der Waals surface area contributed by atoms with Gasteiger partial charge in [-0.15, -0.1) is 0 Å². The van der Waals surface area contributed by atoms with Crippen molar-refractivity contribution >= 4 is 23.3 Å². The van der Waals surface area contributed by atoms with Gasteiger partial charge in [-0.25, -0.2) is 18.6 Å². The number of rotatable bonds is 6. The lowest BCUT2D eigenvalue weighted by Gasteiger charge is -2.28. The number of ether oxygens (including phenoxy) is 1. The summed E-state index contributed by atoms with van der Waals surface area (Å²) in [5.74, 6) is -1.36. The third-order valence-electron chi connectivity index (χ3n) is 6.18. The van der Waals surface area contributed by atoms with E-state index in [1.807, 2.05) is 37.3 Å². The van der Waals surface area contributed by atoms with Gasteiger partial charge in [-0.05, 0) is 50.5 Å². The summed E-state index contributed by atoms with van der Waals surface area (Å²) in [6.45, 7) is 4.32. The highest BCUT2D eigenvalue weighted by atomic mass is 19.3. The molecule has 176 valence electrons. The average molecular weight is 459 g/mol. The molecule has 0 unspecified atom stereocenters. The zero-order chi connectivity index (χ0) is 23.8. The number of halogens is 2. The van der Waals surface area contributed by atoms with Crippen molar-refractivity contribution in [3.63, 3.8) is 0 Å². The van der Waals surface area contributed by atoms with Gasteiger partial charge in [0.05, 0.1) is 6.10 Å². The lowest BCUT2D eigenvalue weighted by molar-refractivity contribution is -0.0582. The maximum absolute atomic E-state index is 13.3. The van der Waals surface area contributed by atoms with Gasteiger partial charge in [-0.3, -0.25) is 13.9 Å². The first kappa shape index (κ1) is 22.9. The molecule has 0 atom stereocenters. The molecule has 1 aromatic carbocycles. The van der Waals surface area contributed by atoms with Crippen molar-refractivity contribution in [1.82, 2.24) is 18.7 Å². The number of alkyl halides is 2. The molecule has 7 nitrogen and oxygen atoms in total. The van der Waals surface area contributed by atoms with Crippen molar-refractivity contribution < 1.29 is 13.5 Å². The largest absolute Gasteiger partial charge is 0.490 e. The van der Waals surface area contributed by atoms with E-state index in [0.717, 1.165) is 5.56 Å². The smallest absolute Gasteiger partial charge is 0.332 e. The number of hydrogen-bond donors (Lipinski definition) is 0. The lowest BCUT2D eigenvalue weighted by atomic mass is 9.94. The maximum atomic E-state index is 13.3. The van der Waals surface area contributed by atoms with Crippen LogP contribution < -0.4 is 16.0 Å². The Kier molecular flexibility index (Phi) is 6.23. The van der Waals surface area contributed by atoms with Gasteiger partial charge in [0, 0.05) is 33.0 Å². The molecule has 0 aliphatic heterocycles. The third-order valence-corrected chi connectivity index (χ3v) is 6.18. The van der Waals surface area contributed by atoms with Gasteiger partial charge in [0.1, 0.15) is 11.6 Å². The molecule has 33 heavy (non-hydrogen) atoms. The second-order valence-electron chi connectivity index (χ2n) is 8.35. The van der Waals surface area contributed by atoms with E-state index in [0.29, 0.717) is 48.7 Å². The minimum absolute atomic E-state index is 0.133. The third kappa shape index (κ3) is 4.49. The number of nitrogens with zero attached hydrogens (tertiary/aromatic N) is 4. The lowest BCUT2D eigenvalue weighted by Crippen LogP contribution is -2.39. The molecule has 9 heteroatoms. The van der Waals surface area contributed by atoms with E-state index in [4.69, 9.17) is 4.74 Å². The first-order valence-corrected chi connectivity index (χ1v) is 11.3. The molecule has 4 rings (SSSR count). The van der Waals surface area contributed by atoms with E-state index in [9.17, 15) is 18.4 Å². The molecule has 2 heterocycles. The molecule has 2 aromatic heterocycles. The standard InChI is InChI=1S/C24H28F2N4O3/c1-4-29-21-20(22(31)30(5-2)23(29)32)28(3)19(27-21)11-8-16-6-9-17(10-7-16)33-18-12-14-24(25,26)15-13-18/h6-11,18H,4-5,12-15H2,1-3H3. The molecule has 0 saturated heterocycles. The second kappa shape index (κ2) is 8.96. The summed E-state index contributed by atoms with van der Waals surface area (Å²) in [4.78, 5) is 29.9. The first-order chi connectivity index (χ1) is 15.7. The van der Waals surface area contributed by atoms with Crippen molar-refractivity contribution in [2.45, 2.75) is 64.6 Å². The Balaban J connectivity index is 1.55. The number of fused-ring (bicyclic) bond motifs is 1. The van der Waals surface area contributed by atoms with Gasteiger partial charge in [0.15, 0.2) is 11.2 Å². The van der Waals surface area contributed by atoms with Crippen LogP contribution >= 0.6 is 0 Å². The molecule has 1 saturated carbocycles. The number of aryl methyl sites for hydroxylation is 2. The highest BCUT2D eigenvalue weighted by Gasteiger charge is 2.35. The Morgan fingerprint density at radius 2 is 1.70 bits per heavy atom. The van der Waals surface area contributed by atoms with Gasteiger partial charge in [0.2, 0.25) is 5.92 Å². The molecule has 0 bridgehead atoms. The van der Waals surface area contributed by atoms with Gasteiger partial charge < -0.3 is 9.30 Å². The Bertz CT molecular complexity index is 1290. The maximum Gasteiger partial charge on any atom is 0.332 e. The zero-order valence-electron chi connectivity index (χ0n) is 19.1. The second-order valence-corrected chi connectivity index (χ2v) is 8.35. The molecule has 0 amide bonds. The summed E-state index contributed by atoms with van der Waals surface area (Å²) < 4.78 is 36.9. The van der Waals surface area contributed by atoms with Gasteiger partial charge >= 0.3 is 5.69 Å². The van der Waals surface area contributed by atoms with Crippen molar-refractivity contribution in [2.24, 2.45) is 7.05 Å². The van der Waals surface area contributed by atoms with E-state index in [2.05, 4.69) is 4.98 Å². The van der Waals surface area contributed by atoms with Crippen LogP contribution in [0.3, 0.4) is 0 Å². The number of hydrogen-bond acceptors (Lipinski definition) is 4. The minimum atomic E-state index is -2.57. The van der Waals surface area contributed by atoms with Crippen LogP contribution in [0, 0.1) is 0 Å². The fraction of sp³-hybridized carbons (Fsp3) is 0.458. The van der Waals surface area contributed by atoms with Crippen LogP contribution in [0.25, 0.3) is 23.3 Å². The zero-order valence-corrected chi connectivity index (χ0v) is 19.1. The SMILES string of the molecule is CCn1c(=O)c2c(nc(C=Cc3ccc(OC4CCC(F)(F)CC4)cc3)n2C)n(CC)c1=O. The molecule has 1 aliphatic carbocycles. The number of benzene rings is 1. The molecule has 0 spiro atoms. The van der Waals surface area contributed by atoms with Gasteiger partial charge in [0.25, 0.3) is 5.56 Å². The van der Waals surface area contributed by atoms with Gasteiger partial charge in [-0.1, -0.05) is 18.2 Å². The van der Waals surface area contributed by atoms with E-state index >= 15 is 0 Å². The van der Waals surface area contributed by atoms with Crippen LogP contribution in [0.2, 0.25) is 0 Å². The molecule has 1 fully saturated rings. The highest BCUT2D eigenvalue weighted by molar-refractivity contribution is 5.76. The van der Waals surface area contributed by atoms with Crippen LogP contribution in [0.5, 0.6) is 5.75 Å². The van der Waals surface area contributed by atoms with Gasteiger partial charge in [-0.2, -0.15) is 0 Å². The summed E-state index contributed by atoms with van der Waals surface area (Å²) in [7, 11) is 1.76. The van der Waals surface area contributed by atoms with Crippen molar-refractivity contribution in [3.8, 4) is 5.75 Å². The van der Waals surface area contributed by atoms with Crippen molar-refractivity contribution in [3.05, 3.63) is 56.5 Å². The molecule has 0 N–H and O–H groups in total.